The fourth-order valence-electron chi connectivity index (χ4n) is 1.32. The van der Waals surface area contributed by atoms with Crippen LogP contribution in [0.25, 0.3) is 0 Å². The standard InChI is InChI=1S/C11H16ClN/c1-2-3-4-5-7-10-8-6-9-11(12)13-10/h6,8-9H,2-5,7H2,1H3. The van der Waals surface area contributed by atoms with E-state index in [4.69, 9.17) is 11.6 Å². The van der Waals surface area contributed by atoms with Crippen molar-refractivity contribution in [1.82, 2.24) is 4.98 Å². The highest BCUT2D eigenvalue weighted by Gasteiger charge is 1.95. The molecule has 0 saturated heterocycles. The zero-order valence-electron chi connectivity index (χ0n) is 8.09. The van der Waals surface area contributed by atoms with Crippen molar-refractivity contribution in [3.8, 4) is 0 Å². The Kier molecular flexibility index (Phi) is 4.84. The molecule has 1 heterocycles. The van der Waals surface area contributed by atoms with Crippen LogP contribution in [0.3, 0.4) is 0 Å². The highest BCUT2D eigenvalue weighted by molar-refractivity contribution is 6.29. The maximum absolute atomic E-state index is 5.77. The van der Waals surface area contributed by atoms with Crippen LogP contribution in [0.2, 0.25) is 5.15 Å². The summed E-state index contributed by atoms with van der Waals surface area (Å²) in [5, 5.41) is 0.605. The Morgan fingerprint density at radius 3 is 2.77 bits per heavy atom. The van der Waals surface area contributed by atoms with Gasteiger partial charge in [0, 0.05) is 5.69 Å². The largest absolute Gasteiger partial charge is 0.241 e. The van der Waals surface area contributed by atoms with Crippen LogP contribution in [0, 0.1) is 0 Å². The first-order valence-corrected chi connectivity index (χ1v) is 5.32. The van der Waals surface area contributed by atoms with Gasteiger partial charge in [0.1, 0.15) is 5.15 Å². The zero-order chi connectivity index (χ0) is 9.52. The van der Waals surface area contributed by atoms with Gasteiger partial charge in [0.2, 0.25) is 0 Å². The molecule has 72 valence electrons. The van der Waals surface area contributed by atoms with E-state index < -0.39 is 0 Å². The summed E-state index contributed by atoms with van der Waals surface area (Å²) in [7, 11) is 0. The molecular weight excluding hydrogens is 182 g/mol. The first-order chi connectivity index (χ1) is 6.33. The first-order valence-electron chi connectivity index (χ1n) is 4.94. The van der Waals surface area contributed by atoms with E-state index in [1.54, 1.807) is 0 Å². The number of hydrogen-bond donors (Lipinski definition) is 0. The van der Waals surface area contributed by atoms with Gasteiger partial charge in [-0.1, -0.05) is 43.9 Å². The lowest BCUT2D eigenvalue weighted by Gasteiger charge is -2.00. The van der Waals surface area contributed by atoms with E-state index >= 15 is 0 Å². The Morgan fingerprint density at radius 2 is 2.08 bits per heavy atom. The third kappa shape index (κ3) is 4.28. The average Bonchev–Trinajstić information content (AvgIpc) is 2.13. The second kappa shape index (κ2) is 5.98. The summed E-state index contributed by atoms with van der Waals surface area (Å²) >= 11 is 5.77. The number of aromatic nitrogens is 1. The van der Waals surface area contributed by atoms with Crippen molar-refractivity contribution in [3.63, 3.8) is 0 Å². The lowest BCUT2D eigenvalue weighted by atomic mass is 10.1. The van der Waals surface area contributed by atoms with Crippen molar-refractivity contribution >= 4 is 11.6 Å². The van der Waals surface area contributed by atoms with Crippen LogP contribution in [0.4, 0.5) is 0 Å². The number of halogens is 1. The SMILES string of the molecule is CCCCCCc1cccc(Cl)n1. The summed E-state index contributed by atoms with van der Waals surface area (Å²) in [6.07, 6.45) is 6.18. The second-order valence-electron chi connectivity index (χ2n) is 3.26. The van der Waals surface area contributed by atoms with E-state index in [1.807, 2.05) is 18.2 Å². The van der Waals surface area contributed by atoms with Gasteiger partial charge in [0.25, 0.3) is 0 Å². The molecule has 0 aliphatic heterocycles. The maximum Gasteiger partial charge on any atom is 0.129 e. The van der Waals surface area contributed by atoms with Gasteiger partial charge in [0.15, 0.2) is 0 Å². The van der Waals surface area contributed by atoms with Gasteiger partial charge in [0.05, 0.1) is 0 Å². The molecule has 1 aromatic heterocycles. The lowest BCUT2D eigenvalue weighted by Crippen LogP contribution is -1.89. The van der Waals surface area contributed by atoms with E-state index in [0.717, 1.165) is 12.1 Å². The quantitative estimate of drug-likeness (QED) is 0.516. The maximum atomic E-state index is 5.77. The Bertz CT molecular complexity index is 248. The summed E-state index contributed by atoms with van der Waals surface area (Å²) in [6, 6.07) is 5.82. The van der Waals surface area contributed by atoms with Crippen molar-refractivity contribution in [2.75, 3.05) is 0 Å². The van der Waals surface area contributed by atoms with Crippen LogP contribution in [-0.4, -0.2) is 4.98 Å². The van der Waals surface area contributed by atoms with Crippen molar-refractivity contribution < 1.29 is 0 Å². The number of nitrogens with zero attached hydrogens (tertiary/aromatic N) is 1. The van der Waals surface area contributed by atoms with Gasteiger partial charge in [-0.15, -0.1) is 0 Å². The zero-order valence-corrected chi connectivity index (χ0v) is 8.85. The Balaban J connectivity index is 2.28. The fourth-order valence-corrected chi connectivity index (χ4v) is 1.50. The molecule has 0 aromatic carbocycles. The van der Waals surface area contributed by atoms with Crippen molar-refractivity contribution in [2.24, 2.45) is 0 Å². The third-order valence-corrected chi connectivity index (χ3v) is 2.27. The van der Waals surface area contributed by atoms with Crippen molar-refractivity contribution in [3.05, 3.63) is 29.0 Å². The van der Waals surface area contributed by atoms with E-state index in [2.05, 4.69) is 11.9 Å². The lowest BCUT2D eigenvalue weighted by molar-refractivity contribution is 0.661. The molecule has 1 nitrogen and oxygen atoms in total. The van der Waals surface area contributed by atoms with Crippen LogP contribution in [0.5, 0.6) is 0 Å². The molecule has 0 fully saturated rings. The van der Waals surface area contributed by atoms with Crippen LogP contribution in [0.1, 0.15) is 38.3 Å². The van der Waals surface area contributed by atoms with E-state index in [1.165, 1.54) is 25.7 Å². The van der Waals surface area contributed by atoms with E-state index in [9.17, 15) is 0 Å². The summed E-state index contributed by atoms with van der Waals surface area (Å²) in [5.74, 6) is 0. The molecule has 0 N–H and O–H groups in total. The molecule has 0 saturated carbocycles. The topological polar surface area (TPSA) is 12.9 Å². The molecule has 0 atom stereocenters. The molecular formula is C11H16ClN. The number of rotatable bonds is 5. The highest BCUT2D eigenvalue weighted by atomic mass is 35.5. The molecule has 0 spiro atoms. The molecule has 0 radical (unpaired) electrons. The first kappa shape index (κ1) is 10.5. The Morgan fingerprint density at radius 1 is 1.23 bits per heavy atom. The molecule has 0 amide bonds. The summed E-state index contributed by atoms with van der Waals surface area (Å²) in [5.41, 5.74) is 1.11. The molecule has 13 heavy (non-hydrogen) atoms. The van der Waals surface area contributed by atoms with Gasteiger partial charge in [-0.2, -0.15) is 0 Å². The van der Waals surface area contributed by atoms with Crippen LogP contribution < -0.4 is 0 Å². The van der Waals surface area contributed by atoms with E-state index in [0.29, 0.717) is 5.15 Å². The van der Waals surface area contributed by atoms with Crippen LogP contribution >= 0.6 is 11.6 Å². The predicted molar refractivity (Wildman–Crippen MR) is 57.1 cm³/mol. The number of aryl methyl sites for hydroxylation is 1. The second-order valence-corrected chi connectivity index (χ2v) is 3.65. The van der Waals surface area contributed by atoms with Gasteiger partial charge in [-0.25, -0.2) is 4.98 Å². The van der Waals surface area contributed by atoms with Gasteiger partial charge >= 0.3 is 0 Å². The van der Waals surface area contributed by atoms with Gasteiger partial charge in [-0.3, -0.25) is 0 Å². The summed E-state index contributed by atoms with van der Waals surface area (Å²) < 4.78 is 0. The number of unbranched alkanes of at least 4 members (excludes halogenated alkanes) is 3. The predicted octanol–water partition coefficient (Wildman–Crippen LogP) is 3.86. The van der Waals surface area contributed by atoms with Crippen molar-refractivity contribution in [2.45, 2.75) is 39.0 Å². The Hall–Kier alpha value is -0.560. The molecule has 0 bridgehead atoms. The monoisotopic (exact) mass is 197 g/mol. The molecule has 0 unspecified atom stereocenters. The minimum absolute atomic E-state index is 0.605. The summed E-state index contributed by atoms with van der Waals surface area (Å²) in [6.45, 7) is 2.22. The third-order valence-electron chi connectivity index (χ3n) is 2.06. The Labute approximate surface area is 85.1 Å². The normalized spacial score (nSPS) is 10.3. The van der Waals surface area contributed by atoms with Gasteiger partial charge in [-0.05, 0) is 25.0 Å². The minimum Gasteiger partial charge on any atom is -0.241 e. The fraction of sp³-hybridized carbons (Fsp3) is 0.545. The van der Waals surface area contributed by atoms with Crippen molar-refractivity contribution in [1.29, 1.82) is 0 Å². The number of hydrogen-bond acceptors (Lipinski definition) is 1. The number of pyridine rings is 1. The molecule has 2 heteroatoms. The molecule has 0 aliphatic carbocycles. The molecule has 0 aliphatic rings. The minimum atomic E-state index is 0.605. The molecule has 1 aromatic rings. The smallest absolute Gasteiger partial charge is 0.129 e. The van der Waals surface area contributed by atoms with Gasteiger partial charge < -0.3 is 0 Å². The van der Waals surface area contributed by atoms with Crippen LogP contribution in [-0.2, 0) is 6.42 Å². The average molecular weight is 198 g/mol. The summed E-state index contributed by atoms with van der Waals surface area (Å²) in [4.78, 5) is 4.24. The highest BCUT2D eigenvalue weighted by Crippen LogP contribution is 2.09. The van der Waals surface area contributed by atoms with E-state index in [-0.39, 0.29) is 0 Å². The van der Waals surface area contributed by atoms with Crippen LogP contribution in [0.15, 0.2) is 18.2 Å². The molecule has 1 rings (SSSR count).